The second-order valence-electron chi connectivity index (χ2n) is 19.6. The maximum atomic E-state index is 12.8. The predicted molar refractivity (Wildman–Crippen MR) is 275 cm³/mol. The van der Waals surface area contributed by atoms with Gasteiger partial charge >= 0.3 is 39.5 Å². The Morgan fingerprint density at radius 3 is 1.07 bits per heavy atom. The van der Waals surface area contributed by atoms with Crippen LogP contribution in [0, 0.1) is 11.8 Å². The number of unbranched alkanes of at least 4 members (excludes halogenated alkanes) is 20. The maximum Gasteiger partial charge on any atom is 0.472 e. The zero-order valence-corrected chi connectivity index (χ0v) is 46.8. The quantitative estimate of drug-likeness (QED) is 0.0222. The van der Waals surface area contributed by atoms with Crippen LogP contribution in [0.2, 0.25) is 0 Å². The molecule has 0 aliphatic carbocycles. The van der Waals surface area contributed by atoms with Gasteiger partial charge in [-0.05, 0) is 37.5 Å². The Hall–Kier alpha value is -1.94. The number of aliphatic hydroxyl groups is 1. The Bertz CT molecular complexity index is 1430. The van der Waals surface area contributed by atoms with E-state index in [4.69, 9.17) is 37.0 Å². The van der Waals surface area contributed by atoms with Crippen LogP contribution in [-0.2, 0) is 65.4 Å². The molecule has 420 valence electrons. The Balaban J connectivity index is 5.16. The van der Waals surface area contributed by atoms with Gasteiger partial charge in [0.25, 0.3) is 0 Å². The van der Waals surface area contributed by atoms with Crippen LogP contribution in [0.1, 0.15) is 241 Å². The molecule has 0 bridgehead atoms. The van der Waals surface area contributed by atoms with E-state index in [9.17, 15) is 43.2 Å². The Morgan fingerprint density at radius 2 is 0.718 bits per heavy atom. The normalized spacial score (nSPS) is 15.1. The second kappa shape index (κ2) is 45.5. The fourth-order valence-electron chi connectivity index (χ4n) is 7.38. The van der Waals surface area contributed by atoms with Crippen molar-refractivity contribution in [2.45, 2.75) is 259 Å². The molecule has 6 atom stereocenters. The third kappa shape index (κ3) is 46.3. The van der Waals surface area contributed by atoms with E-state index in [0.717, 1.165) is 109 Å². The number of carbonyl (C=O) groups is 4. The number of carbonyl (C=O) groups excluding carboxylic acids is 4. The minimum Gasteiger partial charge on any atom is -0.462 e. The number of esters is 4. The number of rotatable bonds is 51. The summed E-state index contributed by atoms with van der Waals surface area (Å²) in [6.07, 6.45) is 23.4. The van der Waals surface area contributed by atoms with Gasteiger partial charge in [0.15, 0.2) is 12.2 Å². The van der Waals surface area contributed by atoms with E-state index in [-0.39, 0.29) is 25.7 Å². The molecule has 0 aliphatic rings. The molecular weight excluding hydrogens is 959 g/mol. The molecule has 0 aromatic rings. The molecule has 0 saturated carbocycles. The van der Waals surface area contributed by atoms with Gasteiger partial charge < -0.3 is 33.8 Å². The van der Waals surface area contributed by atoms with Crippen molar-refractivity contribution in [3.05, 3.63) is 0 Å². The van der Waals surface area contributed by atoms with Gasteiger partial charge in [0.05, 0.1) is 26.4 Å². The van der Waals surface area contributed by atoms with Crippen LogP contribution >= 0.6 is 15.6 Å². The lowest BCUT2D eigenvalue weighted by Crippen LogP contribution is -2.30. The first-order valence-corrected chi connectivity index (χ1v) is 30.5. The SMILES string of the molecule is CCCCCCCC(=O)OC[C@H](COP(=O)(O)OC[C@H](O)COP(=O)(O)OC[C@@H](COC(=O)CCCCCCCCC(C)C)OC(=O)CCCCCCCCCCC(C)CC)OC(=O)CCCCCCC. The minimum absolute atomic E-state index is 0.0981. The molecule has 0 aliphatic heterocycles. The van der Waals surface area contributed by atoms with Gasteiger partial charge in [-0.3, -0.25) is 37.3 Å². The number of hydrogen-bond donors (Lipinski definition) is 3. The Kier molecular flexibility index (Phi) is 44.2. The summed E-state index contributed by atoms with van der Waals surface area (Å²) in [5.74, 6) is -0.728. The largest absolute Gasteiger partial charge is 0.472 e. The van der Waals surface area contributed by atoms with Crippen LogP contribution in [-0.4, -0.2) is 96.7 Å². The zero-order chi connectivity index (χ0) is 53.0. The van der Waals surface area contributed by atoms with Crippen molar-refractivity contribution < 1.29 is 80.2 Å². The van der Waals surface area contributed by atoms with E-state index in [1.807, 2.05) is 0 Å². The summed E-state index contributed by atoms with van der Waals surface area (Å²) in [5.41, 5.74) is 0. The lowest BCUT2D eigenvalue weighted by Gasteiger charge is -2.21. The third-order valence-electron chi connectivity index (χ3n) is 12.1. The molecule has 0 saturated heterocycles. The van der Waals surface area contributed by atoms with Gasteiger partial charge in [-0.2, -0.15) is 0 Å². The molecule has 0 aromatic heterocycles. The topological polar surface area (TPSA) is 237 Å². The van der Waals surface area contributed by atoms with Crippen LogP contribution in [0.4, 0.5) is 0 Å². The lowest BCUT2D eigenvalue weighted by molar-refractivity contribution is -0.161. The standard InChI is InChI=1S/C52H100O17P2/c1-7-10-12-20-28-34-49(54)62-40-47(68-51(56)36-30-21-13-11-8-2)42-66-70(58,59)64-38-46(53)39-65-71(60,61)67-43-48(41-63-50(55)35-29-24-19-18-22-26-32-44(4)5)69-52(57)37-31-25-17-15-14-16-23-27-33-45(6)9-3/h44-48,53H,7-43H2,1-6H3,(H,58,59)(H,60,61)/t45?,46-,47+,48+/m0/s1. The molecule has 0 amide bonds. The average molecular weight is 1060 g/mol. The highest BCUT2D eigenvalue weighted by Gasteiger charge is 2.30. The number of phosphoric ester groups is 2. The van der Waals surface area contributed by atoms with Crippen molar-refractivity contribution in [2.75, 3.05) is 39.6 Å². The van der Waals surface area contributed by atoms with Crippen LogP contribution < -0.4 is 0 Å². The summed E-state index contributed by atoms with van der Waals surface area (Å²) in [5, 5.41) is 10.4. The molecule has 3 N–H and O–H groups in total. The first kappa shape index (κ1) is 69.1. The van der Waals surface area contributed by atoms with E-state index in [0.29, 0.717) is 31.6 Å². The summed E-state index contributed by atoms with van der Waals surface area (Å²) in [6.45, 7) is 9.12. The molecule has 3 unspecified atom stereocenters. The first-order valence-electron chi connectivity index (χ1n) is 27.5. The van der Waals surface area contributed by atoms with Crippen molar-refractivity contribution in [3.63, 3.8) is 0 Å². The van der Waals surface area contributed by atoms with E-state index < -0.39 is 97.5 Å². The Morgan fingerprint density at radius 1 is 0.408 bits per heavy atom. The molecule has 0 rings (SSSR count). The lowest BCUT2D eigenvalue weighted by atomic mass is 9.99. The molecule has 0 aromatic carbocycles. The monoisotopic (exact) mass is 1060 g/mol. The molecule has 19 heteroatoms. The molecular formula is C52H100O17P2. The molecule has 71 heavy (non-hydrogen) atoms. The average Bonchev–Trinajstić information content (AvgIpc) is 3.33. The molecule has 0 radical (unpaired) electrons. The third-order valence-corrected chi connectivity index (χ3v) is 14.0. The van der Waals surface area contributed by atoms with Crippen molar-refractivity contribution in [1.82, 2.24) is 0 Å². The van der Waals surface area contributed by atoms with Crippen molar-refractivity contribution in [2.24, 2.45) is 11.8 Å². The van der Waals surface area contributed by atoms with Gasteiger partial charge in [0.2, 0.25) is 0 Å². The first-order chi connectivity index (χ1) is 33.9. The van der Waals surface area contributed by atoms with Gasteiger partial charge in [0.1, 0.15) is 19.3 Å². The molecule has 17 nitrogen and oxygen atoms in total. The van der Waals surface area contributed by atoms with E-state index in [1.165, 1.54) is 44.9 Å². The van der Waals surface area contributed by atoms with E-state index in [1.54, 1.807) is 0 Å². The van der Waals surface area contributed by atoms with Gasteiger partial charge in [-0.1, -0.05) is 189 Å². The number of ether oxygens (including phenoxy) is 4. The Labute approximate surface area is 428 Å². The van der Waals surface area contributed by atoms with E-state index in [2.05, 4.69) is 41.5 Å². The molecule has 0 spiro atoms. The number of hydrogen-bond acceptors (Lipinski definition) is 15. The van der Waals surface area contributed by atoms with Crippen molar-refractivity contribution in [3.8, 4) is 0 Å². The van der Waals surface area contributed by atoms with Crippen LogP contribution in [0.3, 0.4) is 0 Å². The zero-order valence-electron chi connectivity index (χ0n) is 45.0. The molecule has 0 heterocycles. The highest BCUT2D eigenvalue weighted by Crippen LogP contribution is 2.45. The summed E-state index contributed by atoms with van der Waals surface area (Å²) < 4.78 is 67.0. The van der Waals surface area contributed by atoms with Gasteiger partial charge in [-0.15, -0.1) is 0 Å². The summed E-state index contributed by atoms with van der Waals surface area (Å²) in [6, 6.07) is 0. The fraction of sp³-hybridized carbons (Fsp3) is 0.923. The van der Waals surface area contributed by atoms with Crippen LogP contribution in [0.25, 0.3) is 0 Å². The summed E-state index contributed by atoms with van der Waals surface area (Å²) in [7, 11) is -9.84. The van der Waals surface area contributed by atoms with Crippen molar-refractivity contribution >= 4 is 39.5 Å². The smallest absolute Gasteiger partial charge is 0.462 e. The van der Waals surface area contributed by atoms with Crippen LogP contribution in [0.15, 0.2) is 0 Å². The second-order valence-corrected chi connectivity index (χ2v) is 22.5. The maximum absolute atomic E-state index is 12.8. The number of aliphatic hydroxyl groups excluding tert-OH is 1. The highest BCUT2D eigenvalue weighted by molar-refractivity contribution is 7.47. The predicted octanol–water partition coefficient (Wildman–Crippen LogP) is 13.0. The number of phosphoric acid groups is 2. The van der Waals surface area contributed by atoms with Crippen molar-refractivity contribution in [1.29, 1.82) is 0 Å². The van der Waals surface area contributed by atoms with Crippen LogP contribution in [0.5, 0.6) is 0 Å². The van der Waals surface area contributed by atoms with Gasteiger partial charge in [-0.25, -0.2) is 9.13 Å². The fourth-order valence-corrected chi connectivity index (χ4v) is 8.96. The van der Waals surface area contributed by atoms with E-state index >= 15 is 0 Å². The summed E-state index contributed by atoms with van der Waals surface area (Å²) >= 11 is 0. The van der Waals surface area contributed by atoms with Gasteiger partial charge in [0, 0.05) is 25.7 Å². The highest BCUT2D eigenvalue weighted by atomic mass is 31.2. The summed E-state index contributed by atoms with van der Waals surface area (Å²) in [4.78, 5) is 71.1. The minimum atomic E-state index is -4.93. The molecule has 0 fully saturated rings.